The fourth-order valence-electron chi connectivity index (χ4n) is 0.552. The first-order valence-electron chi connectivity index (χ1n) is 4.91. The number of hydrogen-bond acceptors (Lipinski definition) is 7. The van der Waals surface area contributed by atoms with E-state index in [9.17, 15) is 14.7 Å². The van der Waals surface area contributed by atoms with Crippen molar-refractivity contribution >= 4 is 11.9 Å². The van der Waals surface area contributed by atoms with Crippen LogP contribution < -0.4 is 0 Å². The van der Waals surface area contributed by atoms with Gasteiger partial charge in [0.2, 0.25) is 5.79 Å². The normalized spacial score (nSPS) is 12.2. The van der Waals surface area contributed by atoms with Crippen LogP contribution in [0.2, 0.25) is 0 Å². The van der Waals surface area contributed by atoms with Crippen molar-refractivity contribution in [1.82, 2.24) is 0 Å². The summed E-state index contributed by atoms with van der Waals surface area (Å²) in [4.78, 5) is 21.3. The fourth-order valence-corrected chi connectivity index (χ4v) is 0.552. The van der Waals surface area contributed by atoms with E-state index in [1.807, 2.05) is 0 Å². The van der Waals surface area contributed by atoms with Crippen molar-refractivity contribution in [2.45, 2.75) is 12.7 Å². The second-order valence-electron chi connectivity index (χ2n) is 3.06. The molecule has 7 heteroatoms. The van der Waals surface area contributed by atoms with Crippen LogP contribution in [-0.4, -0.2) is 52.9 Å². The summed E-state index contributed by atoms with van der Waals surface area (Å²) >= 11 is 0. The molecule has 3 N–H and O–H groups in total. The molecular formula is C11H18O7. The molecule has 1 atom stereocenters. The fraction of sp³-hybridized carbons (Fsp3) is 0.455. The maximum atomic E-state index is 10.7. The van der Waals surface area contributed by atoms with Crippen LogP contribution in [0.5, 0.6) is 0 Å². The number of hydrogen-bond donors (Lipinski definition) is 3. The minimum atomic E-state index is -1.86. The summed E-state index contributed by atoms with van der Waals surface area (Å²) in [6, 6.07) is 0. The third-order valence-electron chi connectivity index (χ3n) is 1.24. The van der Waals surface area contributed by atoms with E-state index in [0.717, 1.165) is 12.2 Å². The van der Waals surface area contributed by atoms with Crippen LogP contribution >= 0.6 is 0 Å². The van der Waals surface area contributed by atoms with Gasteiger partial charge in [0.15, 0.2) is 6.61 Å². The van der Waals surface area contributed by atoms with E-state index in [2.05, 4.69) is 22.6 Å². The highest BCUT2D eigenvalue weighted by molar-refractivity contribution is 5.82. The molecule has 1 unspecified atom stereocenters. The van der Waals surface area contributed by atoms with Crippen molar-refractivity contribution in [1.29, 1.82) is 0 Å². The molecular weight excluding hydrogens is 244 g/mol. The molecule has 0 aliphatic rings. The van der Waals surface area contributed by atoms with Gasteiger partial charge in [0, 0.05) is 19.1 Å². The van der Waals surface area contributed by atoms with Gasteiger partial charge in [0.1, 0.15) is 0 Å². The molecule has 0 amide bonds. The molecule has 0 heterocycles. The summed E-state index contributed by atoms with van der Waals surface area (Å²) in [5, 5.41) is 24.6. The minimum absolute atomic E-state index is 0.125. The van der Waals surface area contributed by atoms with Crippen LogP contribution in [0.25, 0.3) is 0 Å². The summed E-state index contributed by atoms with van der Waals surface area (Å²) in [5.41, 5.74) is 0. The van der Waals surface area contributed by atoms with Gasteiger partial charge in [0.05, 0.1) is 13.2 Å². The maximum Gasteiger partial charge on any atom is 0.332 e. The topological polar surface area (TPSA) is 113 Å². The lowest BCUT2D eigenvalue weighted by Crippen LogP contribution is -2.36. The Balaban J connectivity index is 0. The molecule has 0 saturated heterocycles. The highest BCUT2D eigenvalue weighted by atomic mass is 16.7. The Morgan fingerprint density at radius 2 is 1.61 bits per heavy atom. The van der Waals surface area contributed by atoms with Crippen LogP contribution in [0.1, 0.15) is 6.92 Å². The second kappa shape index (κ2) is 10.5. The van der Waals surface area contributed by atoms with E-state index in [1.165, 1.54) is 6.92 Å². The summed E-state index contributed by atoms with van der Waals surface area (Å²) in [6.07, 6.45) is 1.83. The van der Waals surface area contributed by atoms with Crippen molar-refractivity contribution in [3.63, 3.8) is 0 Å². The minimum Gasteiger partial charge on any atom is -0.456 e. The third kappa shape index (κ3) is 12.4. The van der Waals surface area contributed by atoms with Gasteiger partial charge in [-0.05, 0) is 0 Å². The zero-order valence-corrected chi connectivity index (χ0v) is 10.2. The Hall–Kier alpha value is -1.70. The second-order valence-corrected chi connectivity index (χ2v) is 3.06. The predicted molar refractivity (Wildman–Crippen MR) is 62.2 cm³/mol. The van der Waals surface area contributed by atoms with Crippen molar-refractivity contribution < 1.29 is 34.4 Å². The number of aliphatic hydroxyl groups is 3. The van der Waals surface area contributed by atoms with E-state index in [-0.39, 0.29) is 13.2 Å². The summed E-state index contributed by atoms with van der Waals surface area (Å²) in [7, 11) is 0. The molecule has 0 fully saturated rings. The number of esters is 2. The molecule has 0 aliphatic carbocycles. The number of carbonyl (C=O) groups is 2. The standard InChI is InChI=1S/C9H12O5.C2H6O2/c1-4-7(10)13-6-9(3,12)14-8(11)5-2;3-1-2-4/h4-5,12H,1-2,6H2,3H3;3-4H,1-2H2. The van der Waals surface area contributed by atoms with Gasteiger partial charge in [0.25, 0.3) is 0 Å². The number of carbonyl (C=O) groups excluding carboxylic acids is 2. The Morgan fingerprint density at radius 3 is 1.94 bits per heavy atom. The van der Waals surface area contributed by atoms with Crippen molar-refractivity contribution in [2.24, 2.45) is 0 Å². The quantitative estimate of drug-likeness (QED) is 0.324. The molecule has 0 aromatic carbocycles. The predicted octanol–water partition coefficient (Wildman–Crippen LogP) is -0.876. The van der Waals surface area contributed by atoms with Crippen LogP contribution in [0.4, 0.5) is 0 Å². The Bertz CT molecular complexity index is 281. The zero-order chi connectivity index (χ0) is 14.6. The van der Waals surface area contributed by atoms with E-state index in [1.54, 1.807) is 0 Å². The van der Waals surface area contributed by atoms with E-state index < -0.39 is 24.3 Å². The molecule has 0 radical (unpaired) electrons. The molecule has 7 nitrogen and oxygen atoms in total. The first kappa shape index (κ1) is 18.7. The lowest BCUT2D eigenvalue weighted by Gasteiger charge is -2.21. The van der Waals surface area contributed by atoms with Crippen LogP contribution in [0, 0.1) is 0 Å². The smallest absolute Gasteiger partial charge is 0.332 e. The first-order chi connectivity index (χ1) is 8.32. The highest BCUT2D eigenvalue weighted by Gasteiger charge is 2.26. The molecule has 104 valence electrons. The molecule has 0 saturated carbocycles. The van der Waals surface area contributed by atoms with Gasteiger partial charge in [-0.1, -0.05) is 13.2 Å². The third-order valence-corrected chi connectivity index (χ3v) is 1.24. The molecule has 18 heavy (non-hydrogen) atoms. The van der Waals surface area contributed by atoms with Gasteiger partial charge in [-0.3, -0.25) is 0 Å². The van der Waals surface area contributed by atoms with Crippen LogP contribution in [-0.2, 0) is 19.1 Å². The zero-order valence-electron chi connectivity index (χ0n) is 10.2. The maximum absolute atomic E-state index is 10.7. The Morgan fingerprint density at radius 1 is 1.17 bits per heavy atom. The average molecular weight is 262 g/mol. The van der Waals surface area contributed by atoms with E-state index in [0.29, 0.717) is 0 Å². The molecule has 0 aromatic rings. The van der Waals surface area contributed by atoms with Gasteiger partial charge in [-0.25, -0.2) is 9.59 Å². The summed E-state index contributed by atoms with van der Waals surface area (Å²) in [5.74, 6) is -3.37. The molecule has 0 aliphatic heterocycles. The SMILES string of the molecule is C=CC(=O)OCC(C)(O)OC(=O)C=C.OCCO. The molecule has 0 aromatic heterocycles. The monoisotopic (exact) mass is 262 g/mol. The highest BCUT2D eigenvalue weighted by Crippen LogP contribution is 2.07. The van der Waals surface area contributed by atoms with Crippen LogP contribution in [0.3, 0.4) is 0 Å². The van der Waals surface area contributed by atoms with Gasteiger partial charge in [-0.15, -0.1) is 0 Å². The average Bonchev–Trinajstić information content (AvgIpc) is 2.35. The summed E-state index contributed by atoms with van der Waals surface area (Å²) < 4.78 is 8.95. The molecule has 0 rings (SSSR count). The van der Waals surface area contributed by atoms with Crippen molar-refractivity contribution in [3.05, 3.63) is 25.3 Å². The number of aliphatic hydroxyl groups excluding tert-OH is 2. The van der Waals surface area contributed by atoms with Gasteiger partial charge < -0.3 is 24.8 Å². The number of rotatable bonds is 6. The first-order valence-corrected chi connectivity index (χ1v) is 4.91. The van der Waals surface area contributed by atoms with Crippen molar-refractivity contribution in [2.75, 3.05) is 19.8 Å². The van der Waals surface area contributed by atoms with E-state index >= 15 is 0 Å². The van der Waals surface area contributed by atoms with E-state index in [4.69, 9.17) is 10.2 Å². The Labute approximate surface area is 105 Å². The largest absolute Gasteiger partial charge is 0.456 e. The lowest BCUT2D eigenvalue weighted by molar-refractivity contribution is -0.215. The number of ether oxygens (including phenoxy) is 2. The molecule has 0 spiro atoms. The summed E-state index contributed by atoms with van der Waals surface area (Å²) in [6.45, 7) is 6.78. The molecule has 0 bridgehead atoms. The lowest BCUT2D eigenvalue weighted by atomic mass is 10.3. The Kier molecular flexibility index (Phi) is 10.8. The van der Waals surface area contributed by atoms with Crippen molar-refractivity contribution in [3.8, 4) is 0 Å². The van der Waals surface area contributed by atoms with Gasteiger partial charge >= 0.3 is 11.9 Å². The van der Waals surface area contributed by atoms with Crippen LogP contribution in [0.15, 0.2) is 25.3 Å². The van der Waals surface area contributed by atoms with Gasteiger partial charge in [-0.2, -0.15) is 0 Å².